The van der Waals surface area contributed by atoms with Crippen LogP contribution in [0, 0.1) is 11.3 Å². The second-order valence-corrected chi connectivity index (χ2v) is 8.74. The summed E-state index contributed by atoms with van der Waals surface area (Å²) in [6, 6.07) is 8.85. The van der Waals surface area contributed by atoms with Gasteiger partial charge < -0.3 is 18.8 Å². The van der Waals surface area contributed by atoms with Crippen LogP contribution in [-0.4, -0.2) is 34.8 Å². The first-order chi connectivity index (χ1) is 13.7. The Labute approximate surface area is 168 Å². The van der Waals surface area contributed by atoms with E-state index in [1.54, 1.807) is 12.1 Å². The first-order valence-corrected chi connectivity index (χ1v) is 9.89. The molecule has 3 heterocycles. The lowest BCUT2D eigenvalue weighted by Gasteiger charge is -2.39. The molecule has 0 spiro atoms. The normalized spacial score (nSPS) is 23.7. The number of rotatable bonds is 2. The second-order valence-electron chi connectivity index (χ2n) is 8.74. The maximum absolute atomic E-state index is 12.6. The molecule has 152 valence electrons. The zero-order chi connectivity index (χ0) is 20.8. The highest BCUT2D eigenvalue weighted by molar-refractivity contribution is 5.79. The lowest BCUT2D eigenvalue weighted by Crippen LogP contribution is -2.50. The zero-order valence-electron chi connectivity index (χ0n) is 16.8. The fourth-order valence-electron chi connectivity index (χ4n) is 4.27. The molecule has 1 aromatic carbocycles. The lowest BCUT2D eigenvalue weighted by atomic mass is 10.00. The van der Waals surface area contributed by atoms with E-state index in [0.717, 1.165) is 25.7 Å². The molecule has 2 bridgehead atoms. The molecule has 0 radical (unpaired) electrons. The number of fused-ring (bicyclic) bond motifs is 3. The summed E-state index contributed by atoms with van der Waals surface area (Å²) in [7, 11) is 0. The van der Waals surface area contributed by atoms with Gasteiger partial charge in [-0.3, -0.25) is 0 Å². The van der Waals surface area contributed by atoms with E-state index in [4.69, 9.17) is 19.2 Å². The molecule has 29 heavy (non-hydrogen) atoms. The molecule has 2 unspecified atom stereocenters. The van der Waals surface area contributed by atoms with Gasteiger partial charge in [-0.25, -0.2) is 9.59 Å². The van der Waals surface area contributed by atoms with E-state index < -0.39 is 11.2 Å². The summed E-state index contributed by atoms with van der Waals surface area (Å²) in [6.45, 7) is 5.63. The minimum absolute atomic E-state index is 0.0164. The van der Waals surface area contributed by atoms with Crippen LogP contribution in [0.4, 0.5) is 4.79 Å². The Bertz CT molecular complexity index is 1030. The molecule has 7 heteroatoms. The molecular weight excluding hydrogens is 372 g/mol. The predicted octanol–water partition coefficient (Wildman–Crippen LogP) is 3.97. The zero-order valence-corrected chi connectivity index (χ0v) is 16.8. The molecule has 2 atom stereocenters. The van der Waals surface area contributed by atoms with Crippen molar-refractivity contribution >= 4 is 17.1 Å². The highest BCUT2D eigenvalue weighted by Gasteiger charge is 2.45. The third-order valence-electron chi connectivity index (χ3n) is 5.42. The van der Waals surface area contributed by atoms with Gasteiger partial charge in [0, 0.05) is 36.4 Å². The van der Waals surface area contributed by atoms with Crippen LogP contribution in [0.5, 0.6) is 5.75 Å². The summed E-state index contributed by atoms with van der Waals surface area (Å²) in [5.74, 6) is 0.612. The summed E-state index contributed by atoms with van der Waals surface area (Å²) in [5, 5.41) is 9.63. The van der Waals surface area contributed by atoms with Crippen LogP contribution in [0.3, 0.4) is 0 Å². The fraction of sp³-hybridized carbons (Fsp3) is 0.500. The molecule has 2 fully saturated rings. The number of nitrogens with zero attached hydrogens (tertiary/aromatic N) is 2. The molecular formula is C22H24N2O5. The largest absolute Gasteiger partial charge is 0.490 e. The number of benzene rings is 1. The minimum Gasteiger partial charge on any atom is -0.490 e. The van der Waals surface area contributed by atoms with E-state index in [2.05, 4.69) is 0 Å². The van der Waals surface area contributed by atoms with E-state index in [-0.39, 0.29) is 29.8 Å². The molecule has 2 aliphatic heterocycles. The SMILES string of the molecule is CC(C)(C)OC(=O)N1C2CCC1CC(Oc1ccc3cc(C#N)c(=O)oc3c1)C2. The second kappa shape index (κ2) is 7.11. The van der Waals surface area contributed by atoms with Crippen molar-refractivity contribution < 1.29 is 18.7 Å². The average molecular weight is 396 g/mol. The Morgan fingerprint density at radius 1 is 1.21 bits per heavy atom. The Kier molecular flexibility index (Phi) is 4.73. The van der Waals surface area contributed by atoms with Gasteiger partial charge in [0.05, 0.1) is 0 Å². The van der Waals surface area contributed by atoms with Crippen LogP contribution in [0.1, 0.15) is 52.0 Å². The topological polar surface area (TPSA) is 92.8 Å². The highest BCUT2D eigenvalue weighted by atomic mass is 16.6. The Balaban J connectivity index is 1.47. The van der Waals surface area contributed by atoms with Crippen molar-refractivity contribution in [2.75, 3.05) is 0 Å². The number of hydrogen-bond acceptors (Lipinski definition) is 6. The van der Waals surface area contributed by atoms with E-state index in [1.165, 1.54) is 6.07 Å². The number of carbonyl (C=O) groups excluding carboxylic acids is 1. The molecule has 1 aromatic heterocycles. The van der Waals surface area contributed by atoms with E-state index in [9.17, 15) is 9.59 Å². The Morgan fingerprint density at radius 2 is 1.90 bits per heavy atom. The van der Waals surface area contributed by atoms with Gasteiger partial charge in [0.25, 0.3) is 0 Å². The van der Waals surface area contributed by atoms with Crippen LogP contribution in [0.2, 0.25) is 0 Å². The number of amides is 1. The lowest BCUT2D eigenvalue weighted by molar-refractivity contribution is -0.00706. The van der Waals surface area contributed by atoms with Gasteiger partial charge >= 0.3 is 11.7 Å². The smallest absolute Gasteiger partial charge is 0.410 e. The van der Waals surface area contributed by atoms with Gasteiger partial charge in [-0.2, -0.15) is 5.26 Å². The van der Waals surface area contributed by atoms with Gasteiger partial charge in [0.1, 0.15) is 34.7 Å². The number of ether oxygens (including phenoxy) is 2. The van der Waals surface area contributed by atoms with E-state index >= 15 is 0 Å². The molecule has 2 aliphatic rings. The van der Waals surface area contributed by atoms with Crippen molar-refractivity contribution in [3.8, 4) is 11.8 Å². The highest BCUT2D eigenvalue weighted by Crippen LogP contribution is 2.38. The molecule has 0 aliphatic carbocycles. The molecule has 1 amide bonds. The monoisotopic (exact) mass is 396 g/mol. The van der Waals surface area contributed by atoms with Crippen LogP contribution in [-0.2, 0) is 4.74 Å². The third kappa shape index (κ3) is 3.93. The summed E-state index contributed by atoms with van der Waals surface area (Å²) >= 11 is 0. The van der Waals surface area contributed by atoms with Crippen LogP contribution < -0.4 is 10.4 Å². The molecule has 7 nitrogen and oxygen atoms in total. The molecule has 0 N–H and O–H groups in total. The number of piperidine rings is 1. The predicted molar refractivity (Wildman–Crippen MR) is 106 cm³/mol. The van der Waals surface area contributed by atoms with Crippen molar-refractivity contribution in [1.29, 1.82) is 5.26 Å². The summed E-state index contributed by atoms with van der Waals surface area (Å²) in [6.07, 6.45) is 3.12. The first kappa shape index (κ1) is 19.3. The molecule has 2 aromatic rings. The van der Waals surface area contributed by atoms with Crippen molar-refractivity contribution in [1.82, 2.24) is 4.90 Å². The fourth-order valence-corrected chi connectivity index (χ4v) is 4.27. The number of hydrogen-bond donors (Lipinski definition) is 0. The average Bonchev–Trinajstić information content (AvgIpc) is 2.91. The molecule has 0 saturated carbocycles. The van der Waals surface area contributed by atoms with Crippen LogP contribution in [0.15, 0.2) is 33.5 Å². The maximum atomic E-state index is 12.6. The van der Waals surface area contributed by atoms with Crippen molar-refractivity contribution in [3.63, 3.8) is 0 Å². The molecule has 4 rings (SSSR count). The van der Waals surface area contributed by atoms with Crippen LogP contribution in [0.25, 0.3) is 11.0 Å². The van der Waals surface area contributed by atoms with Crippen molar-refractivity contribution in [2.24, 2.45) is 0 Å². The van der Waals surface area contributed by atoms with Gasteiger partial charge in [0.15, 0.2) is 0 Å². The van der Waals surface area contributed by atoms with Gasteiger partial charge in [-0.15, -0.1) is 0 Å². The summed E-state index contributed by atoms with van der Waals surface area (Å²) < 4.78 is 17.0. The third-order valence-corrected chi connectivity index (χ3v) is 5.42. The van der Waals surface area contributed by atoms with E-state index in [0.29, 0.717) is 16.7 Å². The first-order valence-electron chi connectivity index (χ1n) is 9.89. The van der Waals surface area contributed by atoms with Crippen molar-refractivity contribution in [3.05, 3.63) is 40.2 Å². The number of nitriles is 1. The summed E-state index contributed by atoms with van der Waals surface area (Å²) in [5.41, 5.74) is -0.789. The standard InChI is InChI=1S/C22H24N2O5/c1-22(2,3)29-21(26)24-15-5-6-16(24)10-18(9-15)27-17-7-4-13-8-14(12-23)20(25)28-19(13)11-17/h4,7-8,11,15-16,18H,5-6,9-10H2,1-3H3. The number of carbonyl (C=O) groups is 1. The van der Waals surface area contributed by atoms with Crippen LogP contribution >= 0.6 is 0 Å². The molecule has 2 saturated heterocycles. The van der Waals surface area contributed by atoms with Gasteiger partial charge in [-0.05, 0) is 51.8 Å². The Morgan fingerprint density at radius 3 is 2.52 bits per heavy atom. The Hall–Kier alpha value is -3.01. The quantitative estimate of drug-likeness (QED) is 0.713. The minimum atomic E-state index is -0.652. The van der Waals surface area contributed by atoms with E-state index in [1.807, 2.05) is 37.8 Å². The van der Waals surface area contributed by atoms with Crippen molar-refractivity contribution in [2.45, 2.75) is 70.2 Å². The van der Waals surface area contributed by atoms with Gasteiger partial charge in [-0.1, -0.05) is 0 Å². The van der Waals surface area contributed by atoms with Gasteiger partial charge in [0.2, 0.25) is 0 Å². The summed E-state index contributed by atoms with van der Waals surface area (Å²) in [4.78, 5) is 26.2. The maximum Gasteiger partial charge on any atom is 0.410 e.